The second-order valence-electron chi connectivity index (χ2n) is 3.03. The summed E-state index contributed by atoms with van der Waals surface area (Å²) in [5.41, 5.74) is 7.70. The largest absolute Gasteiger partial charge is 0.398 e. The van der Waals surface area contributed by atoms with Crippen LogP contribution in [0.15, 0.2) is 24.5 Å². The Morgan fingerprint density at radius 1 is 1.33 bits per heavy atom. The molecule has 5 heteroatoms. The van der Waals surface area contributed by atoms with E-state index in [9.17, 15) is 4.79 Å². The van der Waals surface area contributed by atoms with Crippen molar-refractivity contribution in [3.63, 3.8) is 0 Å². The van der Waals surface area contributed by atoms with E-state index in [1.807, 2.05) is 0 Å². The van der Waals surface area contributed by atoms with Crippen LogP contribution < -0.4 is 11.1 Å². The zero-order valence-corrected chi connectivity index (χ0v) is 8.19. The number of nitrogens with one attached hydrogen (secondary N) is 1. The normalized spacial score (nSPS) is 10.2. The van der Waals surface area contributed by atoms with Gasteiger partial charge in [-0.2, -0.15) is 0 Å². The highest BCUT2D eigenvalue weighted by molar-refractivity contribution is 6.09. The van der Waals surface area contributed by atoms with Crippen LogP contribution in [-0.2, 0) is 0 Å². The molecule has 0 bridgehead atoms. The molecule has 0 spiro atoms. The number of nitrogens with zero attached hydrogens (tertiary/aromatic N) is 2. The Kier molecular flexibility index (Phi) is 2.21. The van der Waals surface area contributed by atoms with Crippen LogP contribution >= 0.6 is 0 Å². The number of carbonyl (C=O) groups excluding carboxylic acids is 1. The lowest BCUT2D eigenvalue weighted by Gasteiger charge is -2.06. The first kappa shape index (κ1) is 9.39. The summed E-state index contributed by atoms with van der Waals surface area (Å²) in [4.78, 5) is 19.8. The van der Waals surface area contributed by atoms with E-state index >= 15 is 0 Å². The van der Waals surface area contributed by atoms with E-state index in [0.717, 1.165) is 0 Å². The second kappa shape index (κ2) is 3.53. The molecule has 76 valence electrons. The SMILES string of the molecule is CNC(=O)c1c(N)ccc2nccnc12. The first-order valence-electron chi connectivity index (χ1n) is 4.45. The Balaban J connectivity index is 2.79. The van der Waals surface area contributed by atoms with Crippen LogP contribution in [0.25, 0.3) is 11.0 Å². The summed E-state index contributed by atoms with van der Waals surface area (Å²) in [5, 5.41) is 2.53. The van der Waals surface area contributed by atoms with Crippen molar-refractivity contribution in [2.75, 3.05) is 12.8 Å². The van der Waals surface area contributed by atoms with Crippen molar-refractivity contribution in [3.05, 3.63) is 30.1 Å². The number of rotatable bonds is 1. The average Bonchev–Trinajstić information content (AvgIpc) is 2.28. The van der Waals surface area contributed by atoms with Gasteiger partial charge in [-0.25, -0.2) is 0 Å². The van der Waals surface area contributed by atoms with Crippen molar-refractivity contribution in [1.82, 2.24) is 15.3 Å². The van der Waals surface area contributed by atoms with E-state index in [0.29, 0.717) is 22.3 Å². The van der Waals surface area contributed by atoms with Crippen LogP contribution in [0.3, 0.4) is 0 Å². The monoisotopic (exact) mass is 202 g/mol. The molecular formula is C10H10N4O. The lowest BCUT2D eigenvalue weighted by Crippen LogP contribution is -2.20. The van der Waals surface area contributed by atoms with Crippen molar-refractivity contribution in [3.8, 4) is 0 Å². The van der Waals surface area contributed by atoms with Gasteiger partial charge in [0.1, 0.15) is 5.52 Å². The summed E-state index contributed by atoms with van der Waals surface area (Å²) in [6, 6.07) is 3.39. The quantitative estimate of drug-likeness (QED) is 0.662. The Morgan fingerprint density at radius 2 is 2.07 bits per heavy atom. The van der Waals surface area contributed by atoms with Gasteiger partial charge in [0.15, 0.2) is 0 Å². The molecule has 0 saturated heterocycles. The zero-order valence-electron chi connectivity index (χ0n) is 8.19. The molecule has 15 heavy (non-hydrogen) atoms. The third kappa shape index (κ3) is 1.48. The van der Waals surface area contributed by atoms with Crippen molar-refractivity contribution < 1.29 is 4.79 Å². The Bertz CT molecular complexity index is 524. The number of nitrogen functional groups attached to an aromatic ring is 1. The maximum atomic E-state index is 11.6. The second-order valence-corrected chi connectivity index (χ2v) is 3.03. The number of amides is 1. The maximum Gasteiger partial charge on any atom is 0.255 e. The summed E-state index contributed by atoms with van der Waals surface area (Å²) < 4.78 is 0. The van der Waals surface area contributed by atoms with Gasteiger partial charge in [-0.1, -0.05) is 0 Å². The van der Waals surface area contributed by atoms with Crippen LogP contribution in [-0.4, -0.2) is 22.9 Å². The molecule has 0 aliphatic rings. The Hall–Kier alpha value is -2.17. The van der Waals surface area contributed by atoms with Gasteiger partial charge < -0.3 is 11.1 Å². The van der Waals surface area contributed by atoms with Crippen molar-refractivity contribution in [2.45, 2.75) is 0 Å². The molecule has 1 aromatic carbocycles. The molecule has 0 fully saturated rings. The molecule has 0 saturated carbocycles. The molecule has 0 atom stereocenters. The smallest absolute Gasteiger partial charge is 0.255 e. The molecule has 1 amide bonds. The predicted octanol–water partition coefficient (Wildman–Crippen LogP) is 0.572. The van der Waals surface area contributed by atoms with Gasteiger partial charge in [-0.15, -0.1) is 0 Å². The van der Waals surface area contributed by atoms with E-state index in [1.54, 1.807) is 25.4 Å². The molecule has 0 aliphatic carbocycles. The number of nitrogens with two attached hydrogens (primary N) is 1. The van der Waals surface area contributed by atoms with Gasteiger partial charge in [0, 0.05) is 25.1 Å². The first-order chi connectivity index (χ1) is 7.24. The molecular weight excluding hydrogens is 192 g/mol. The summed E-state index contributed by atoms with van der Waals surface area (Å²) in [6.45, 7) is 0. The summed E-state index contributed by atoms with van der Waals surface area (Å²) in [6.07, 6.45) is 3.11. The molecule has 3 N–H and O–H groups in total. The topological polar surface area (TPSA) is 80.9 Å². The van der Waals surface area contributed by atoms with Crippen molar-refractivity contribution in [2.24, 2.45) is 0 Å². The number of carbonyl (C=O) groups is 1. The molecule has 0 unspecified atom stereocenters. The number of benzene rings is 1. The van der Waals surface area contributed by atoms with Gasteiger partial charge in [0.25, 0.3) is 5.91 Å². The first-order valence-corrected chi connectivity index (χ1v) is 4.45. The lowest BCUT2D eigenvalue weighted by atomic mass is 10.1. The van der Waals surface area contributed by atoms with E-state index in [-0.39, 0.29) is 5.91 Å². The average molecular weight is 202 g/mol. The number of fused-ring (bicyclic) bond motifs is 1. The molecule has 2 rings (SSSR count). The number of hydrogen-bond donors (Lipinski definition) is 2. The Labute approximate surface area is 86.3 Å². The highest BCUT2D eigenvalue weighted by Crippen LogP contribution is 2.20. The summed E-state index contributed by atoms with van der Waals surface area (Å²) >= 11 is 0. The highest BCUT2D eigenvalue weighted by atomic mass is 16.1. The van der Waals surface area contributed by atoms with Crippen molar-refractivity contribution in [1.29, 1.82) is 0 Å². The zero-order chi connectivity index (χ0) is 10.8. The molecule has 0 aliphatic heterocycles. The van der Waals surface area contributed by atoms with Crippen LogP contribution in [0, 0.1) is 0 Å². The standard InChI is InChI=1S/C10H10N4O/c1-12-10(15)8-6(11)2-3-7-9(8)14-5-4-13-7/h2-5H,11H2,1H3,(H,12,15). The number of hydrogen-bond acceptors (Lipinski definition) is 4. The summed E-state index contributed by atoms with van der Waals surface area (Å²) in [7, 11) is 1.55. The minimum atomic E-state index is -0.251. The van der Waals surface area contributed by atoms with E-state index in [4.69, 9.17) is 5.73 Å². The predicted molar refractivity (Wildman–Crippen MR) is 57.3 cm³/mol. The third-order valence-corrected chi connectivity index (χ3v) is 2.13. The van der Waals surface area contributed by atoms with Gasteiger partial charge in [-0.3, -0.25) is 14.8 Å². The van der Waals surface area contributed by atoms with E-state index in [2.05, 4.69) is 15.3 Å². The molecule has 2 aromatic rings. The minimum absolute atomic E-state index is 0.251. The Morgan fingerprint density at radius 3 is 2.80 bits per heavy atom. The van der Waals surface area contributed by atoms with Gasteiger partial charge in [0.2, 0.25) is 0 Å². The van der Waals surface area contributed by atoms with Crippen LogP contribution in [0.2, 0.25) is 0 Å². The highest BCUT2D eigenvalue weighted by Gasteiger charge is 2.13. The van der Waals surface area contributed by atoms with Crippen molar-refractivity contribution >= 4 is 22.6 Å². The fourth-order valence-corrected chi connectivity index (χ4v) is 1.42. The van der Waals surface area contributed by atoms with Crippen LogP contribution in [0.4, 0.5) is 5.69 Å². The number of aromatic nitrogens is 2. The van der Waals surface area contributed by atoms with E-state index in [1.165, 1.54) is 6.20 Å². The van der Waals surface area contributed by atoms with Crippen LogP contribution in [0.1, 0.15) is 10.4 Å². The van der Waals surface area contributed by atoms with Gasteiger partial charge in [-0.05, 0) is 12.1 Å². The maximum absolute atomic E-state index is 11.6. The molecule has 1 aromatic heterocycles. The van der Waals surface area contributed by atoms with Gasteiger partial charge >= 0.3 is 0 Å². The lowest BCUT2D eigenvalue weighted by molar-refractivity contribution is 0.0965. The van der Waals surface area contributed by atoms with Crippen LogP contribution in [0.5, 0.6) is 0 Å². The molecule has 5 nitrogen and oxygen atoms in total. The molecule has 1 heterocycles. The third-order valence-electron chi connectivity index (χ3n) is 2.13. The number of anilines is 1. The fourth-order valence-electron chi connectivity index (χ4n) is 1.42. The fraction of sp³-hybridized carbons (Fsp3) is 0.100. The van der Waals surface area contributed by atoms with E-state index < -0.39 is 0 Å². The minimum Gasteiger partial charge on any atom is -0.398 e. The summed E-state index contributed by atoms with van der Waals surface area (Å²) in [5.74, 6) is -0.251. The molecule has 0 radical (unpaired) electrons. The van der Waals surface area contributed by atoms with Gasteiger partial charge in [0.05, 0.1) is 11.1 Å².